The first-order valence-electron chi connectivity index (χ1n) is 6.81. The fourth-order valence-electron chi connectivity index (χ4n) is 1.79. The predicted molar refractivity (Wildman–Crippen MR) is 73.6 cm³/mol. The molecular weight excluding hydrogens is 228 g/mol. The summed E-state index contributed by atoms with van der Waals surface area (Å²) in [5.41, 5.74) is 0. The number of hydrogen-bond donors (Lipinski definition) is 1. The Morgan fingerprint density at radius 2 is 1.72 bits per heavy atom. The van der Waals surface area contributed by atoms with Crippen molar-refractivity contribution in [2.75, 3.05) is 24.5 Å². The van der Waals surface area contributed by atoms with E-state index in [-0.39, 0.29) is 0 Å². The van der Waals surface area contributed by atoms with Gasteiger partial charge in [-0.3, -0.25) is 0 Å². The quantitative estimate of drug-likeness (QED) is 0.771. The van der Waals surface area contributed by atoms with Crippen LogP contribution in [0.3, 0.4) is 0 Å². The van der Waals surface area contributed by atoms with Crippen molar-refractivity contribution in [3.05, 3.63) is 5.89 Å². The van der Waals surface area contributed by atoms with Gasteiger partial charge in [0, 0.05) is 13.1 Å². The molecule has 0 atom stereocenters. The van der Waals surface area contributed by atoms with Crippen LogP contribution in [0.25, 0.3) is 0 Å². The third kappa shape index (κ3) is 5.04. The summed E-state index contributed by atoms with van der Waals surface area (Å²) in [7, 11) is 0. The van der Waals surface area contributed by atoms with Gasteiger partial charge >= 0.3 is 6.01 Å². The van der Waals surface area contributed by atoms with Crippen LogP contribution in [0.2, 0.25) is 0 Å². The molecule has 1 aromatic heterocycles. The van der Waals surface area contributed by atoms with Gasteiger partial charge in [-0.2, -0.15) is 0 Å². The highest BCUT2D eigenvalue weighted by atomic mass is 16.4. The zero-order valence-corrected chi connectivity index (χ0v) is 12.2. The normalized spacial score (nSPS) is 11.5. The molecule has 0 fully saturated rings. The first-order valence-corrected chi connectivity index (χ1v) is 6.81. The molecule has 0 saturated carbocycles. The summed E-state index contributed by atoms with van der Waals surface area (Å²) >= 11 is 0. The predicted octanol–water partition coefficient (Wildman–Crippen LogP) is 2.30. The topological polar surface area (TPSA) is 54.2 Å². The van der Waals surface area contributed by atoms with Crippen molar-refractivity contribution in [1.29, 1.82) is 0 Å². The van der Waals surface area contributed by atoms with Gasteiger partial charge < -0.3 is 14.6 Å². The van der Waals surface area contributed by atoms with Crippen molar-refractivity contribution < 1.29 is 4.42 Å². The van der Waals surface area contributed by atoms with E-state index in [9.17, 15) is 0 Å². The van der Waals surface area contributed by atoms with Gasteiger partial charge in [0.1, 0.15) is 0 Å². The lowest BCUT2D eigenvalue weighted by molar-refractivity contribution is 0.443. The second-order valence-corrected chi connectivity index (χ2v) is 5.45. The van der Waals surface area contributed by atoms with Crippen molar-refractivity contribution in [2.24, 2.45) is 11.8 Å². The fraction of sp³-hybridized carbons (Fsp3) is 0.846. The minimum atomic E-state index is 0.577. The average molecular weight is 254 g/mol. The minimum Gasteiger partial charge on any atom is -0.407 e. The Balaban J connectivity index is 2.68. The molecule has 0 unspecified atom stereocenters. The van der Waals surface area contributed by atoms with Crippen LogP contribution in [0.1, 0.15) is 40.5 Å². The number of rotatable bonds is 8. The molecule has 1 heterocycles. The Morgan fingerprint density at radius 3 is 2.22 bits per heavy atom. The summed E-state index contributed by atoms with van der Waals surface area (Å²) in [5, 5.41) is 11.4. The second-order valence-electron chi connectivity index (χ2n) is 5.45. The first kappa shape index (κ1) is 15.0. The lowest BCUT2D eigenvalue weighted by atomic mass is 10.1. The molecule has 18 heavy (non-hydrogen) atoms. The molecule has 0 aliphatic carbocycles. The van der Waals surface area contributed by atoms with Gasteiger partial charge in [-0.25, -0.2) is 0 Å². The molecule has 5 heteroatoms. The van der Waals surface area contributed by atoms with E-state index < -0.39 is 0 Å². The number of nitrogens with zero attached hydrogens (tertiary/aromatic N) is 3. The maximum atomic E-state index is 5.69. The molecule has 0 aromatic carbocycles. The van der Waals surface area contributed by atoms with E-state index in [0.29, 0.717) is 30.3 Å². The molecule has 0 spiro atoms. The van der Waals surface area contributed by atoms with Crippen molar-refractivity contribution in [3.63, 3.8) is 0 Å². The highest BCUT2D eigenvalue weighted by molar-refractivity contribution is 5.24. The van der Waals surface area contributed by atoms with Gasteiger partial charge in [0.15, 0.2) is 0 Å². The van der Waals surface area contributed by atoms with Crippen LogP contribution in [-0.2, 0) is 6.54 Å². The van der Waals surface area contributed by atoms with Gasteiger partial charge in [-0.15, -0.1) is 5.10 Å². The zero-order valence-electron chi connectivity index (χ0n) is 12.2. The SMILES string of the molecule is CCNCc1nnc(N(CC(C)C)CC(C)C)o1. The van der Waals surface area contributed by atoms with Crippen LogP contribution in [-0.4, -0.2) is 29.8 Å². The van der Waals surface area contributed by atoms with Crippen LogP contribution >= 0.6 is 0 Å². The third-order valence-corrected chi connectivity index (χ3v) is 2.42. The third-order valence-electron chi connectivity index (χ3n) is 2.42. The van der Waals surface area contributed by atoms with Crippen LogP contribution in [0.5, 0.6) is 0 Å². The van der Waals surface area contributed by atoms with Crippen molar-refractivity contribution in [2.45, 2.75) is 41.2 Å². The largest absolute Gasteiger partial charge is 0.407 e. The summed E-state index contributed by atoms with van der Waals surface area (Å²) < 4.78 is 5.69. The smallest absolute Gasteiger partial charge is 0.318 e. The van der Waals surface area contributed by atoms with E-state index >= 15 is 0 Å². The van der Waals surface area contributed by atoms with Crippen LogP contribution in [0, 0.1) is 11.8 Å². The summed E-state index contributed by atoms with van der Waals surface area (Å²) in [6, 6.07) is 0.644. The molecule has 1 aromatic rings. The highest BCUT2D eigenvalue weighted by Gasteiger charge is 2.16. The van der Waals surface area contributed by atoms with Gasteiger partial charge in [-0.1, -0.05) is 39.7 Å². The number of hydrogen-bond acceptors (Lipinski definition) is 5. The van der Waals surface area contributed by atoms with E-state index in [1.807, 2.05) is 0 Å². The Hall–Kier alpha value is -1.10. The zero-order chi connectivity index (χ0) is 13.5. The fourth-order valence-corrected chi connectivity index (χ4v) is 1.79. The van der Waals surface area contributed by atoms with Gasteiger partial charge in [0.2, 0.25) is 5.89 Å². The Kier molecular flexibility index (Phi) is 6.12. The molecule has 0 radical (unpaired) electrons. The molecule has 1 rings (SSSR count). The maximum absolute atomic E-state index is 5.69. The second kappa shape index (κ2) is 7.36. The molecule has 0 aliphatic heterocycles. The minimum absolute atomic E-state index is 0.577. The Bertz CT molecular complexity index is 325. The summed E-state index contributed by atoms with van der Waals surface area (Å²) in [5.74, 6) is 1.81. The molecule has 0 aliphatic rings. The van der Waals surface area contributed by atoms with Gasteiger partial charge in [-0.05, 0) is 18.4 Å². The number of aromatic nitrogens is 2. The molecule has 104 valence electrons. The Labute approximate surface area is 110 Å². The van der Waals surface area contributed by atoms with Crippen molar-refractivity contribution in [1.82, 2.24) is 15.5 Å². The summed E-state index contributed by atoms with van der Waals surface area (Å²) in [6.45, 7) is 14.3. The lowest BCUT2D eigenvalue weighted by Gasteiger charge is -2.23. The van der Waals surface area contributed by atoms with Gasteiger partial charge in [0.25, 0.3) is 0 Å². The molecule has 5 nitrogen and oxygen atoms in total. The molecule has 0 saturated heterocycles. The van der Waals surface area contributed by atoms with E-state index in [4.69, 9.17) is 4.42 Å². The van der Waals surface area contributed by atoms with E-state index in [1.165, 1.54) is 0 Å². The van der Waals surface area contributed by atoms with Crippen molar-refractivity contribution in [3.8, 4) is 0 Å². The van der Waals surface area contributed by atoms with Crippen LogP contribution in [0.15, 0.2) is 4.42 Å². The lowest BCUT2D eigenvalue weighted by Crippen LogP contribution is -2.31. The number of nitrogens with one attached hydrogen (secondary N) is 1. The first-order chi connectivity index (χ1) is 8.52. The van der Waals surface area contributed by atoms with E-state index in [1.54, 1.807) is 0 Å². The average Bonchev–Trinajstić information content (AvgIpc) is 2.72. The van der Waals surface area contributed by atoms with Crippen molar-refractivity contribution >= 4 is 6.01 Å². The number of anilines is 1. The summed E-state index contributed by atoms with van der Waals surface area (Å²) in [6.07, 6.45) is 0. The monoisotopic (exact) mass is 254 g/mol. The maximum Gasteiger partial charge on any atom is 0.318 e. The standard InChI is InChI=1S/C13H26N4O/c1-6-14-7-12-15-16-13(18-12)17(8-10(2)3)9-11(4)5/h10-11,14H,6-9H2,1-5H3. The van der Waals surface area contributed by atoms with E-state index in [0.717, 1.165) is 19.6 Å². The van der Waals surface area contributed by atoms with Gasteiger partial charge in [0.05, 0.1) is 6.54 Å². The van der Waals surface area contributed by atoms with E-state index in [2.05, 4.69) is 55.0 Å². The van der Waals surface area contributed by atoms with Crippen LogP contribution < -0.4 is 10.2 Å². The molecule has 1 N–H and O–H groups in total. The highest BCUT2D eigenvalue weighted by Crippen LogP contribution is 2.16. The molecule has 0 bridgehead atoms. The molecule has 0 amide bonds. The molecular formula is C13H26N4O. The van der Waals surface area contributed by atoms with Crippen LogP contribution in [0.4, 0.5) is 6.01 Å². The Morgan fingerprint density at radius 1 is 1.11 bits per heavy atom. The summed E-state index contributed by atoms with van der Waals surface area (Å²) in [4.78, 5) is 2.18.